The molecule has 2 aromatic rings. The number of aromatic nitrogens is 2. The molecule has 0 atom stereocenters. The van der Waals surface area contributed by atoms with Crippen LogP contribution in [-0.2, 0) is 21.8 Å². The zero-order valence-corrected chi connectivity index (χ0v) is 11.7. The minimum Gasteiger partial charge on any atom is -0.229 e. The van der Waals surface area contributed by atoms with E-state index < -0.39 is 32.5 Å². The van der Waals surface area contributed by atoms with E-state index in [9.17, 15) is 21.6 Å². The number of hydrogen-bond acceptors (Lipinski definition) is 4. The molecule has 0 aliphatic rings. The van der Waals surface area contributed by atoms with E-state index in [4.69, 9.17) is 0 Å². The van der Waals surface area contributed by atoms with Crippen molar-refractivity contribution in [3.05, 3.63) is 53.5 Å². The maximum Gasteiger partial charge on any atom is 0.433 e. The number of aryl methyl sites for hydroxylation is 1. The molecule has 0 unspecified atom stereocenters. The smallest absolute Gasteiger partial charge is 0.229 e. The Hall–Kier alpha value is -1.96. The number of hydrogen-bond donors (Lipinski definition) is 0. The third-order valence-corrected chi connectivity index (χ3v) is 4.18. The van der Waals surface area contributed by atoms with E-state index in [1.807, 2.05) is 0 Å². The van der Waals surface area contributed by atoms with Gasteiger partial charge in [0.1, 0.15) is 11.5 Å². The molecule has 1 aromatic heterocycles. The van der Waals surface area contributed by atoms with Crippen LogP contribution < -0.4 is 0 Å². The molecule has 0 saturated heterocycles. The third kappa shape index (κ3) is 3.78. The van der Waals surface area contributed by atoms with Crippen LogP contribution in [0.3, 0.4) is 0 Å². The van der Waals surface area contributed by atoms with E-state index in [0.717, 1.165) is 0 Å². The summed E-state index contributed by atoms with van der Waals surface area (Å²) in [7, 11) is -3.97. The van der Waals surface area contributed by atoms with Crippen molar-refractivity contribution in [2.75, 3.05) is 0 Å². The molecule has 112 valence electrons. The van der Waals surface area contributed by atoms with Crippen molar-refractivity contribution in [1.29, 1.82) is 0 Å². The predicted molar refractivity (Wildman–Crippen MR) is 69.1 cm³/mol. The summed E-state index contributed by atoms with van der Waals surface area (Å²) >= 11 is 0. The summed E-state index contributed by atoms with van der Waals surface area (Å²) in [6, 6.07) is 8.64. The van der Waals surface area contributed by atoms with Crippen molar-refractivity contribution in [2.45, 2.75) is 23.9 Å². The standard InChI is InChI=1S/C13H11F3N2O2S/c1-9-17-11(13(14,15)16)7-12(18-9)21(19,20)8-10-5-3-2-4-6-10/h2-7H,8H2,1H3. The summed E-state index contributed by atoms with van der Waals surface area (Å²) in [5.74, 6) is -0.654. The van der Waals surface area contributed by atoms with Crippen molar-refractivity contribution < 1.29 is 21.6 Å². The van der Waals surface area contributed by atoms with Crippen molar-refractivity contribution in [3.8, 4) is 0 Å². The Morgan fingerprint density at radius 3 is 2.29 bits per heavy atom. The summed E-state index contributed by atoms with van der Waals surface area (Å²) in [6.45, 7) is 1.22. The van der Waals surface area contributed by atoms with Gasteiger partial charge in [0.15, 0.2) is 14.9 Å². The summed E-state index contributed by atoms with van der Waals surface area (Å²) in [6.07, 6.45) is -4.72. The van der Waals surface area contributed by atoms with Crippen LogP contribution in [0.5, 0.6) is 0 Å². The first-order chi connectivity index (χ1) is 9.68. The molecule has 8 heteroatoms. The maximum atomic E-state index is 12.7. The number of alkyl halides is 3. The number of nitrogens with zero attached hydrogens (tertiary/aromatic N) is 2. The molecule has 0 bridgehead atoms. The Kier molecular flexibility index (Phi) is 3.99. The van der Waals surface area contributed by atoms with Crippen LogP contribution in [0.1, 0.15) is 17.1 Å². The van der Waals surface area contributed by atoms with E-state index >= 15 is 0 Å². The van der Waals surface area contributed by atoms with Gasteiger partial charge in [0.2, 0.25) is 0 Å². The van der Waals surface area contributed by atoms with Crippen LogP contribution in [0, 0.1) is 6.92 Å². The van der Waals surface area contributed by atoms with E-state index in [1.165, 1.54) is 6.92 Å². The molecule has 0 amide bonds. The average Bonchev–Trinajstić information content (AvgIpc) is 2.37. The largest absolute Gasteiger partial charge is 0.433 e. The minimum atomic E-state index is -4.72. The van der Waals surface area contributed by atoms with E-state index in [1.54, 1.807) is 30.3 Å². The van der Waals surface area contributed by atoms with Crippen LogP contribution >= 0.6 is 0 Å². The normalized spacial score (nSPS) is 12.4. The van der Waals surface area contributed by atoms with Crippen molar-refractivity contribution in [3.63, 3.8) is 0 Å². The lowest BCUT2D eigenvalue weighted by molar-refractivity contribution is -0.141. The zero-order valence-electron chi connectivity index (χ0n) is 10.9. The Balaban J connectivity index is 2.43. The number of halogens is 3. The van der Waals surface area contributed by atoms with Crippen LogP contribution in [0.4, 0.5) is 13.2 Å². The van der Waals surface area contributed by atoms with Gasteiger partial charge in [-0.05, 0) is 12.5 Å². The fraction of sp³-hybridized carbons (Fsp3) is 0.231. The summed E-state index contributed by atoms with van der Waals surface area (Å²) in [5.41, 5.74) is -0.788. The van der Waals surface area contributed by atoms with Gasteiger partial charge in [0.05, 0.1) is 5.75 Å². The van der Waals surface area contributed by atoms with Crippen LogP contribution in [0.25, 0.3) is 0 Å². The fourth-order valence-corrected chi connectivity index (χ4v) is 3.05. The molecule has 1 aromatic carbocycles. The van der Waals surface area contributed by atoms with Gasteiger partial charge in [-0.15, -0.1) is 0 Å². The quantitative estimate of drug-likeness (QED) is 0.817. The molecule has 0 N–H and O–H groups in total. The highest BCUT2D eigenvalue weighted by molar-refractivity contribution is 7.90. The lowest BCUT2D eigenvalue weighted by Gasteiger charge is -2.09. The molecule has 0 spiro atoms. The molecular weight excluding hydrogens is 305 g/mol. The van der Waals surface area contributed by atoms with Gasteiger partial charge in [-0.25, -0.2) is 18.4 Å². The lowest BCUT2D eigenvalue weighted by atomic mass is 10.2. The Morgan fingerprint density at radius 1 is 1.10 bits per heavy atom. The van der Waals surface area contributed by atoms with Crippen molar-refractivity contribution >= 4 is 9.84 Å². The molecule has 4 nitrogen and oxygen atoms in total. The van der Waals surface area contributed by atoms with Gasteiger partial charge in [-0.2, -0.15) is 13.2 Å². The first kappa shape index (κ1) is 15.4. The fourth-order valence-electron chi connectivity index (χ4n) is 1.71. The number of benzene rings is 1. The number of sulfone groups is 1. The second-order valence-corrected chi connectivity index (χ2v) is 6.32. The molecule has 21 heavy (non-hydrogen) atoms. The monoisotopic (exact) mass is 316 g/mol. The highest BCUT2D eigenvalue weighted by atomic mass is 32.2. The SMILES string of the molecule is Cc1nc(C(F)(F)F)cc(S(=O)(=O)Cc2ccccc2)n1. The first-order valence-electron chi connectivity index (χ1n) is 5.88. The molecule has 2 rings (SSSR count). The molecule has 0 radical (unpaired) electrons. The van der Waals surface area contributed by atoms with E-state index in [2.05, 4.69) is 9.97 Å². The Morgan fingerprint density at radius 2 is 1.71 bits per heavy atom. The van der Waals surface area contributed by atoms with Gasteiger partial charge < -0.3 is 0 Å². The topological polar surface area (TPSA) is 59.9 Å². The highest BCUT2D eigenvalue weighted by Crippen LogP contribution is 2.29. The van der Waals surface area contributed by atoms with Crippen LogP contribution in [0.15, 0.2) is 41.4 Å². The number of rotatable bonds is 3. The molecular formula is C13H11F3N2O2S. The van der Waals surface area contributed by atoms with Gasteiger partial charge in [0, 0.05) is 6.07 Å². The van der Waals surface area contributed by atoms with Crippen molar-refractivity contribution in [2.24, 2.45) is 0 Å². The highest BCUT2D eigenvalue weighted by Gasteiger charge is 2.34. The average molecular weight is 316 g/mol. The lowest BCUT2D eigenvalue weighted by Crippen LogP contribution is -2.14. The second-order valence-electron chi connectivity index (χ2n) is 4.38. The van der Waals surface area contributed by atoms with Gasteiger partial charge in [-0.3, -0.25) is 0 Å². The molecule has 0 fully saturated rings. The van der Waals surface area contributed by atoms with Gasteiger partial charge in [-0.1, -0.05) is 30.3 Å². The molecule has 1 heterocycles. The second kappa shape index (κ2) is 5.44. The van der Waals surface area contributed by atoms with E-state index in [0.29, 0.717) is 11.6 Å². The third-order valence-electron chi connectivity index (χ3n) is 2.62. The summed E-state index contributed by atoms with van der Waals surface area (Å²) in [5, 5.41) is -0.619. The van der Waals surface area contributed by atoms with Crippen LogP contribution in [0.2, 0.25) is 0 Å². The summed E-state index contributed by atoms with van der Waals surface area (Å²) in [4.78, 5) is 6.84. The van der Waals surface area contributed by atoms with E-state index in [-0.39, 0.29) is 5.82 Å². The molecule has 0 saturated carbocycles. The van der Waals surface area contributed by atoms with Crippen LogP contribution in [-0.4, -0.2) is 18.4 Å². The first-order valence-corrected chi connectivity index (χ1v) is 7.53. The predicted octanol–water partition coefficient (Wildman–Crippen LogP) is 2.78. The van der Waals surface area contributed by atoms with Crippen molar-refractivity contribution in [1.82, 2.24) is 9.97 Å². The molecule has 0 aliphatic carbocycles. The minimum absolute atomic E-state index is 0.239. The van der Waals surface area contributed by atoms with Gasteiger partial charge in [0.25, 0.3) is 0 Å². The zero-order chi connectivity index (χ0) is 15.7. The van der Waals surface area contributed by atoms with Gasteiger partial charge >= 0.3 is 6.18 Å². The Labute approximate surface area is 119 Å². The summed E-state index contributed by atoms with van der Waals surface area (Å²) < 4.78 is 62.4. The molecule has 0 aliphatic heterocycles. The Bertz CT molecular complexity index is 744. The maximum absolute atomic E-state index is 12.7.